The van der Waals surface area contributed by atoms with Gasteiger partial charge >= 0.3 is 0 Å². The van der Waals surface area contributed by atoms with Crippen molar-refractivity contribution in [2.24, 2.45) is 11.8 Å². The van der Waals surface area contributed by atoms with Crippen molar-refractivity contribution >= 4 is 0 Å². The SMILES string of the molecule is C=CN(CC(O)NC(C)[C@@H]1C(C)CC(C(O)O)N1CO)NNN. The minimum Gasteiger partial charge on any atom is -0.381 e. The Labute approximate surface area is 136 Å². The first-order valence-corrected chi connectivity index (χ1v) is 7.63. The number of nitrogens with one attached hydrogen (secondary N) is 3. The van der Waals surface area contributed by atoms with Crippen molar-refractivity contribution in [2.75, 3.05) is 13.3 Å². The Bertz CT molecular complexity index is 361. The number of likely N-dealkylation sites (tertiary alicyclic amines) is 1. The van der Waals surface area contributed by atoms with Crippen molar-refractivity contribution in [3.05, 3.63) is 12.8 Å². The van der Waals surface area contributed by atoms with Gasteiger partial charge in [0.15, 0.2) is 6.29 Å². The summed E-state index contributed by atoms with van der Waals surface area (Å²) in [6, 6.07) is -0.846. The number of aliphatic hydroxyl groups is 4. The van der Waals surface area contributed by atoms with Crippen LogP contribution < -0.4 is 22.2 Å². The van der Waals surface area contributed by atoms with Crippen LogP contribution in [0.5, 0.6) is 0 Å². The Hall–Kier alpha value is -0.820. The lowest BCUT2D eigenvalue weighted by Crippen LogP contribution is -2.57. The van der Waals surface area contributed by atoms with Crippen molar-refractivity contribution < 1.29 is 20.4 Å². The molecule has 0 aromatic rings. The lowest BCUT2D eigenvalue weighted by Gasteiger charge is -2.35. The minimum atomic E-state index is -1.51. The second-order valence-corrected chi connectivity index (χ2v) is 5.90. The van der Waals surface area contributed by atoms with E-state index in [9.17, 15) is 20.4 Å². The molecule has 1 saturated heterocycles. The topological polar surface area (TPSA) is 150 Å². The van der Waals surface area contributed by atoms with Gasteiger partial charge in [0.25, 0.3) is 0 Å². The predicted octanol–water partition coefficient (Wildman–Crippen LogP) is -3.05. The smallest absolute Gasteiger partial charge is 0.167 e. The van der Waals surface area contributed by atoms with Gasteiger partial charge in [0.2, 0.25) is 0 Å². The van der Waals surface area contributed by atoms with Gasteiger partial charge in [0, 0.05) is 18.3 Å². The van der Waals surface area contributed by atoms with E-state index in [1.165, 1.54) is 11.2 Å². The maximum atomic E-state index is 10.1. The molecule has 0 spiro atoms. The van der Waals surface area contributed by atoms with E-state index >= 15 is 0 Å². The summed E-state index contributed by atoms with van der Waals surface area (Å²) in [5.74, 6) is 5.27. The number of rotatable bonds is 10. The fraction of sp³-hybridized carbons (Fsp3) is 0.846. The largest absolute Gasteiger partial charge is 0.381 e. The molecule has 10 nitrogen and oxygen atoms in total. The number of hydrogen-bond acceptors (Lipinski definition) is 10. The molecule has 1 aliphatic rings. The average molecular weight is 334 g/mol. The first-order valence-electron chi connectivity index (χ1n) is 7.63. The van der Waals surface area contributed by atoms with Crippen LogP contribution in [0.1, 0.15) is 20.3 Å². The second kappa shape index (κ2) is 9.47. The molecule has 0 aliphatic carbocycles. The highest BCUT2D eigenvalue weighted by Crippen LogP contribution is 2.32. The first kappa shape index (κ1) is 20.2. The molecule has 1 aliphatic heterocycles. The quantitative estimate of drug-likeness (QED) is 0.118. The van der Waals surface area contributed by atoms with E-state index in [2.05, 4.69) is 23.0 Å². The number of hydrazine groups is 3. The highest BCUT2D eigenvalue weighted by atomic mass is 16.5. The molecular weight excluding hydrogens is 304 g/mol. The lowest BCUT2D eigenvalue weighted by molar-refractivity contribution is -0.112. The third-order valence-electron chi connectivity index (χ3n) is 4.28. The normalized spacial score (nSPS) is 28.1. The monoisotopic (exact) mass is 334 g/mol. The summed E-state index contributed by atoms with van der Waals surface area (Å²) in [6.07, 6.45) is -0.369. The molecule has 1 heterocycles. The van der Waals surface area contributed by atoms with Crippen molar-refractivity contribution in [1.82, 2.24) is 26.3 Å². The zero-order chi connectivity index (χ0) is 17.6. The molecule has 5 atom stereocenters. The van der Waals surface area contributed by atoms with Gasteiger partial charge in [0.1, 0.15) is 6.23 Å². The van der Waals surface area contributed by atoms with Crippen molar-refractivity contribution in [3.63, 3.8) is 0 Å². The van der Waals surface area contributed by atoms with Gasteiger partial charge in [-0.3, -0.25) is 21.1 Å². The zero-order valence-electron chi connectivity index (χ0n) is 13.6. The summed E-state index contributed by atoms with van der Waals surface area (Å²) < 4.78 is 0. The maximum absolute atomic E-state index is 10.1. The van der Waals surface area contributed by atoms with Crippen LogP contribution >= 0.6 is 0 Å². The summed E-state index contributed by atoms with van der Waals surface area (Å²) in [5, 5.41) is 43.1. The van der Waals surface area contributed by atoms with E-state index in [-0.39, 0.29) is 31.3 Å². The van der Waals surface area contributed by atoms with Gasteiger partial charge < -0.3 is 20.4 Å². The van der Waals surface area contributed by atoms with Crippen LogP contribution in [0.15, 0.2) is 12.8 Å². The molecule has 0 aromatic heterocycles. The molecule has 9 N–H and O–H groups in total. The molecule has 23 heavy (non-hydrogen) atoms. The molecule has 4 unspecified atom stereocenters. The van der Waals surface area contributed by atoms with Gasteiger partial charge in [-0.25, -0.2) is 0 Å². The number of hydrogen-bond donors (Lipinski definition) is 8. The second-order valence-electron chi connectivity index (χ2n) is 5.90. The Balaban J connectivity index is 2.64. The average Bonchev–Trinajstić information content (AvgIpc) is 2.83. The number of nitrogens with two attached hydrogens (primary N) is 1. The Morgan fingerprint density at radius 1 is 1.43 bits per heavy atom. The zero-order valence-corrected chi connectivity index (χ0v) is 13.6. The fourth-order valence-corrected chi connectivity index (χ4v) is 3.37. The molecule has 1 rings (SSSR count). The molecule has 10 heteroatoms. The van der Waals surface area contributed by atoms with Crippen LogP contribution in [0.25, 0.3) is 0 Å². The van der Waals surface area contributed by atoms with Crippen LogP contribution in [0.4, 0.5) is 0 Å². The summed E-state index contributed by atoms with van der Waals surface area (Å²) in [4.78, 5) is 1.64. The maximum Gasteiger partial charge on any atom is 0.167 e. The van der Waals surface area contributed by atoms with Crippen molar-refractivity contribution in [2.45, 2.75) is 50.9 Å². The molecule has 0 amide bonds. The van der Waals surface area contributed by atoms with Crippen LogP contribution in [-0.2, 0) is 0 Å². The predicted molar refractivity (Wildman–Crippen MR) is 84.5 cm³/mol. The first-order chi connectivity index (χ1) is 10.8. The van der Waals surface area contributed by atoms with E-state index in [1.54, 1.807) is 4.90 Å². The molecule has 0 aromatic carbocycles. The van der Waals surface area contributed by atoms with E-state index in [0.29, 0.717) is 6.42 Å². The van der Waals surface area contributed by atoms with Crippen molar-refractivity contribution in [3.8, 4) is 0 Å². The highest BCUT2D eigenvalue weighted by Gasteiger charge is 2.44. The molecule has 0 saturated carbocycles. The van der Waals surface area contributed by atoms with Crippen LogP contribution in [0, 0.1) is 5.92 Å². The number of aliphatic hydroxyl groups excluding tert-OH is 3. The van der Waals surface area contributed by atoms with Gasteiger partial charge in [0.05, 0.1) is 19.3 Å². The Morgan fingerprint density at radius 2 is 2.09 bits per heavy atom. The third-order valence-corrected chi connectivity index (χ3v) is 4.28. The van der Waals surface area contributed by atoms with Gasteiger partial charge in [-0.1, -0.05) is 13.5 Å². The standard InChI is InChI=1S/C13H30N6O4/c1-4-18(17-16-14)6-11(21)15-9(3)12-8(2)5-10(13(22)23)19(12)7-20/h4,8-13,15-17,20-23H,1,5-7,14H2,2-3H3/t8?,9?,10?,11?,12-/m0/s1. The van der Waals surface area contributed by atoms with Gasteiger partial charge in [-0.2, -0.15) is 11.1 Å². The highest BCUT2D eigenvalue weighted by molar-refractivity contribution is 4.97. The minimum absolute atomic E-state index is 0.128. The molecule has 0 bridgehead atoms. The number of nitrogens with zero attached hydrogens (tertiary/aromatic N) is 2. The van der Waals surface area contributed by atoms with Crippen LogP contribution in [0.3, 0.4) is 0 Å². The summed E-state index contributed by atoms with van der Waals surface area (Å²) in [7, 11) is 0. The third kappa shape index (κ3) is 5.35. The van der Waals surface area contributed by atoms with E-state index < -0.39 is 18.6 Å². The van der Waals surface area contributed by atoms with E-state index in [1.807, 2.05) is 13.8 Å². The Kier molecular flexibility index (Phi) is 8.33. The van der Waals surface area contributed by atoms with Crippen LogP contribution in [0.2, 0.25) is 0 Å². The lowest BCUT2D eigenvalue weighted by atomic mass is 9.96. The van der Waals surface area contributed by atoms with Crippen molar-refractivity contribution in [1.29, 1.82) is 0 Å². The van der Waals surface area contributed by atoms with Gasteiger partial charge in [-0.05, 0) is 19.3 Å². The Morgan fingerprint density at radius 3 is 2.57 bits per heavy atom. The van der Waals surface area contributed by atoms with Crippen LogP contribution in [-0.4, -0.2) is 74.3 Å². The van der Waals surface area contributed by atoms with E-state index in [4.69, 9.17) is 5.84 Å². The van der Waals surface area contributed by atoms with Gasteiger partial charge in [-0.15, -0.1) is 0 Å². The molecular formula is C13H30N6O4. The summed E-state index contributed by atoms with van der Waals surface area (Å²) in [6.45, 7) is 7.36. The molecule has 1 fully saturated rings. The van der Waals surface area contributed by atoms with E-state index in [0.717, 1.165) is 0 Å². The fourth-order valence-electron chi connectivity index (χ4n) is 3.37. The summed E-state index contributed by atoms with van der Waals surface area (Å²) in [5.41, 5.74) is 4.83. The molecule has 136 valence electrons. The summed E-state index contributed by atoms with van der Waals surface area (Å²) >= 11 is 0. The molecule has 0 radical (unpaired) electrons.